The van der Waals surface area contributed by atoms with Gasteiger partial charge in [0.15, 0.2) is 5.96 Å². The lowest BCUT2D eigenvalue weighted by molar-refractivity contribution is -0.125. The maximum absolute atomic E-state index is 11.0. The second kappa shape index (κ2) is 5.58. The van der Waals surface area contributed by atoms with E-state index in [1.54, 1.807) is 13.8 Å². The summed E-state index contributed by atoms with van der Waals surface area (Å²) in [6.45, 7) is 8.72. The third kappa shape index (κ3) is 5.93. The standard InChI is InChI=1S/C10H22N4O/c1-7(2)5-13-9(12)14-6-10(3,4)8(11)15/h7H,5-6H2,1-4H3,(H2,11,15)(H3,12,13,14). The number of guanidine groups is 1. The SMILES string of the molecule is CC(C)CNC(N)=NCC(C)(C)C(N)=O. The van der Waals surface area contributed by atoms with Gasteiger partial charge in [-0.15, -0.1) is 0 Å². The first-order valence-electron chi connectivity index (χ1n) is 5.09. The smallest absolute Gasteiger partial charge is 0.224 e. The highest BCUT2D eigenvalue weighted by atomic mass is 16.1. The van der Waals surface area contributed by atoms with Gasteiger partial charge < -0.3 is 16.8 Å². The summed E-state index contributed by atoms with van der Waals surface area (Å²) in [6.07, 6.45) is 0. The van der Waals surface area contributed by atoms with Crippen molar-refractivity contribution in [1.29, 1.82) is 0 Å². The third-order valence-electron chi connectivity index (χ3n) is 2.00. The van der Waals surface area contributed by atoms with E-state index in [2.05, 4.69) is 24.2 Å². The summed E-state index contributed by atoms with van der Waals surface area (Å²) < 4.78 is 0. The van der Waals surface area contributed by atoms with Gasteiger partial charge in [0.2, 0.25) is 5.91 Å². The summed E-state index contributed by atoms with van der Waals surface area (Å²) in [5.41, 5.74) is 10.2. The van der Waals surface area contributed by atoms with Gasteiger partial charge in [0.25, 0.3) is 0 Å². The van der Waals surface area contributed by atoms with Crippen LogP contribution in [0.3, 0.4) is 0 Å². The fourth-order valence-corrected chi connectivity index (χ4v) is 0.725. The average Bonchev–Trinajstić information content (AvgIpc) is 2.11. The number of hydrogen-bond donors (Lipinski definition) is 3. The average molecular weight is 214 g/mol. The lowest BCUT2D eigenvalue weighted by Gasteiger charge is -2.17. The monoisotopic (exact) mass is 214 g/mol. The highest BCUT2D eigenvalue weighted by Gasteiger charge is 2.24. The summed E-state index contributed by atoms with van der Waals surface area (Å²) in [5.74, 6) is 0.490. The Labute approximate surface area is 91.3 Å². The third-order valence-corrected chi connectivity index (χ3v) is 2.00. The van der Waals surface area contributed by atoms with Crippen LogP contribution in [0.25, 0.3) is 0 Å². The molecular weight excluding hydrogens is 192 g/mol. The zero-order chi connectivity index (χ0) is 12.1. The molecule has 0 aliphatic rings. The van der Waals surface area contributed by atoms with E-state index in [4.69, 9.17) is 11.5 Å². The van der Waals surface area contributed by atoms with Crippen LogP contribution < -0.4 is 16.8 Å². The van der Waals surface area contributed by atoms with E-state index in [9.17, 15) is 4.79 Å². The van der Waals surface area contributed by atoms with Gasteiger partial charge in [0.05, 0.1) is 12.0 Å². The van der Waals surface area contributed by atoms with Gasteiger partial charge in [-0.3, -0.25) is 9.79 Å². The number of carbonyl (C=O) groups is 1. The van der Waals surface area contributed by atoms with Crippen molar-refractivity contribution in [2.24, 2.45) is 27.8 Å². The van der Waals surface area contributed by atoms with Crippen LogP contribution >= 0.6 is 0 Å². The largest absolute Gasteiger partial charge is 0.370 e. The number of hydrogen-bond acceptors (Lipinski definition) is 2. The molecule has 0 unspecified atom stereocenters. The maximum Gasteiger partial charge on any atom is 0.224 e. The number of carbonyl (C=O) groups excluding carboxylic acids is 1. The summed E-state index contributed by atoms with van der Waals surface area (Å²) >= 11 is 0. The number of amides is 1. The summed E-state index contributed by atoms with van der Waals surface area (Å²) in [7, 11) is 0. The zero-order valence-corrected chi connectivity index (χ0v) is 10.0. The molecule has 0 fully saturated rings. The normalized spacial score (nSPS) is 13.0. The van der Waals surface area contributed by atoms with Crippen LogP contribution in [0.15, 0.2) is 4.99 Å². The van der Waals surface area contributed by atoms with E-state index < -0.39 is 5.41 Å². The molecule has 0 saturated carbocycles. The number of rotatable bonds is 5. The van der Waals surface area contributed by atoms with Crippen molar-refractivity contribution >= 4 is 11.9 Å². The van der Waals surface area contributed by atoms with Crippen LogP contribution in [0.5, 0.6) is 0 Å². The van der Waals surface area contributed by atoms with Crippen molar-refractivity contribution in [3.05, 3.63) is 0 Å². The molecule has 0 saturated heterocycles. The Morgan fingerprint density at radius 1 is 1.40 bits per heavy atom. The lowest BCUT2D eigenvalue weighted by Crippen LogP contribution is -2.38. The quantitative estimate of drug-likeness (QED) is 0.446. The van der Waals surface area contributed by atoms with Crippen molar-refractivity contribution in [2.75, 3.05) is 13.1 Å². The number of primary amides is 1. The fraction of sp³-hybridized carbons (Fsp3) is 0.800. The Morgan fingerprint density at radius 3 is 2.33 bits per heavy atom. The molecule has 0 aliphatic carbocycles. The van der Waals surface area contributed by atoms with Crippen molar-refractivity contribution in [3.8, 4) is 0 Å². The minimum atomic E-state index is -0.649. The maximum atomic E-state index is 11.0. The number of nitrogens with two attached hydrogens (primary N) is 2. The molecule has 1 amide bonds. The van der Waals surface area contributed by atoms with Crippen LogP contribution in [-0.2, 0) is 4.79 Å². The first kappa shape index (κ1) is 13.7. The predicted molar refractivity (Wildman–Crippen MR) is 62.3 cm³/mol. The van der Waals surface area contributed by atoms with Gasteiger partial charge in [-0.2, -0.15) is 0 Å². The topological polar surface area (TPSA) is 93.5 Å². The van der Waals surface area contributed by atoms with E-state index in [0.29, 0.717) is 18.4 Å². The first-order valence-corrected chi connectivity index (χ1v) is 5.09. The highest BCUT2D eigenvalue weighted by molar-refractivity contribution is 5.81. The van der Waals surface area contributed by atoms with Crippen molar-refractivity contribution in [2.45, 2.75) is 27.7 Å². The van der Waals surface area contributed by atoms with Gasteiger partial charge >= 0.3 is 0 Å². The molecular formula is C10H22N4O. The second-order valence-electron chi connectivity index (χ2n) is 4.72. The van der Waals surface area contributed by atoms with E-state index >= 15 is 0 Å². The molecule has 0 spiro atoms. The lowest BCUT2D eigenvalue weighted by atomic mass is 9.93. The van der Waals surface area contributed by atoms with Crippen molar-refractivity contribution in [3.63, 3.8) is 0 Å². The minimum absolute atomic E-state index is 0.305. The van der Waals surface area contributed by atoms with Crippen LogP contribution in [-0.4, -0.2) is 25.0 Å². The molecule has 0 aromatic heterocycles. The zero-order valence-electron chi connectivity index (χ0n) is 10.0. The van der Waals surface area contributed by atoms with E-state index in [-0.39, 0.29) is 5.91 Å². The highest BCUT2D eigenvalue weighted by Crippen LogP contribution is 2.13. The molecule has 0 atom stereocenters. The summed E-state index contributed by atoms with van der Waals surface area (Å²) in [6, 6.07) is 0. The molecule has 15 heavy (non-hydrogen) atoms. The van der Waals surface area contributed by atoms with Crippen molar-refractivity contribution in [1.82, 2.24) is 5.32 Å². The molecule has 88 valence electrons. The number of nitrogens with zero attached hydrogens (tertiary/aromatic N) is 1. The summed E-state index contributed by atoms with van der Waals surface area (Å²) in [5, 5.41) is 2.97. The Balaban J connectivity index is 4.10. The molecule has 0 aliphatic heterocycles. The molecule has 0 heterocycles. The van der Waals surface area contributed by atoms with Crippen LogP contribution in [0.4, 0.5) is 0 Å². The predicted octanol–water partition coefficient (Wildman–Crippen LogP) is 0.0582. The number of nitrogens with one attached hydrogen (secondary N) is 1. The Hall–Kier alpha value is -1.26. The Morgan fingerprint density at radius 2 is 1.93 bits per heavy atom. The van der Waals surface area contributed by atoms with Crippen LogP contribution in [0.2, 0.25) is 0 Å². The number of aliphatic imine (C=N–C) groups is 1. The summed E-state index contributed by atoms with van der Waals surface area (Å²) in [4.78, 5) is 15.1. The van der Waals surface area contributed by atoms with Gasteiger partial charge in [-0.1, -0.05) is 13.8 Å². The van der Waals surface area contributed by atoms with Gasteiger partial charge in [-0.25, -0.2) is 0 Å². The molecule has 5 nitrogen and oxygen atoms in total. The van der Waals surface area contributed by atoms with Crippen molar-refractivity contribution < 1.29 is 4.79 Å². The molecule has 5 heteroatoms. The van der Waals surface area contributed by atoms with Gasteiger partial charge in [0, 0.05) is 6.54 Å². The first-order chi connectivity index (χ1) is 6.75. The fourth-order valence-electron chi connectivity index (χ4n) is 0.725. The molecule has 0 aromatic rings. The molecule has 5 N–H and O–H groups in total. The Bertz CT molecular complexity index is 246. The van der Waals surface area contributed by atoms with Crippen LogP contribution in [0.1, 0.15) is 27.7 Å². The van der Waals surface area contributed by atoms with E-state index in [1.807, 2.05) is 0 Å². The van der Waals surface area contributed by atoms with E-state index in [1.165, 1.54) is 0 Å². The minimum Gasteiger partial charge on any atom is -0.370 e. The van der Waals surface area contributed by atoms with Crippen LogP contribution in [0, 0.1) is 11.3 Å². The molecule has 0 aromatic carbocycles. The second-order valence-corrected chi connectivity index (χ2v) is 4.72. The van der Waals surface area contributed by atoms with Gasteiger partial charge in [-0.05, 0) is 19.8 Å². The Kier molecular flexibility index (Phi) is 5.11. The van der Waals surface area contributed by atoms with E-state index in [0.717, 1.165) is 6.54 Å². The van der Waals surface area contributed by atoms with Gasteiger partial charge in [0.1, 0.15) is 0 Å². The molecule has 0 rings (SSSR count). The molecule has 0 radical (unpaired) electrons. The molecule has 0 bridgehead atoms.